The Kier molecular flexibility index (Phi) is 3.78. The molecule has 0 bridgehead atoms. The zero-order chi connectivity index (χ0) is 14.1. The van der Waals surface area contributed by atoms with Gasteiger partial charge in [0.2, 0.25) is 0 Å². The lowest BCUT2D eigenvalue weighted by molar-refractivity contribution is 0.0395. The van der Waals surface area contributed by atoms with Gasteiger partial charge in [0.15, 0.2) is 0 Å². The van der Waals surface area contributed by atoms with Gasteiger partial charge in [0.1, 0.15) is 4.88 Å². The van der Waals surface area contributed by atoms with Crippen LogP contribution < -0.4 is 0 Å². The molecule has 108 valence electrons. The molecule has 0 radical (unpaired) electrons. The van der Waals surface area contributed by atoms with E-state index in [2.05, 4.69) is 0 Å². The number of piperidine rings is 1. The molecule has 2 heterocycles. The van der Waals surface area contributed by atoms with Gasteiger partial charge in [-0.2, -0.15) is 0 Å². The second-order valence-electron chi connectivity index (χ2n) is 5.72. The summed E-state index contributed by atoms with van der Waals surface area (Å²) >= 11 is 1.09. The maximum absolute atomic E-state index is 12.6. The molecule has 2 atom stereocenters. The second-order valence-corrected chi connectivity index (χ2v) is 6.81. The molecule has 0 aromatic carbocycles. The van der Waals surface area contributed by atoms with Crippen LogP contribution >= 0.6 is 11.3 Å². The zero-order valence-corrected chi connectivity index (χ0v) is 12.2. The lowest BCUT2D eigenvalue weighted by Gasteiger charge is -2.44. The highest BCUT2D eigenvalue weighted by atomic mass is 32.1. The number of amides is 1. The largest absolute Gasteiger partial charge is 0.477 e. The molecule has 4 nitrogen and oxygen atoms in total. The number of fused-ring (bicyclic) bond motifs is 1. The number of likely N-dealkylation sites (tertiary alicyclic amines) is 1. The van der Waals surface area contributed by atoms with Gasteiger partial charge in [0.05, 0.1) is 4.88 Å². The number of hydrogen-bond acceptors (Lipinski definition) is 3. The summed E-state index contributed by atoms with van der Waals surface area (Å²) in [5, 5.41) is 8.96. The molecule has 2 fully saturated rings. The summed E-state index contributed by atoms with van der Waals surface area (Å²) in [5.41, 5.74) is 0. The van der Waals surface area contributed by atoms with Crippen molar-refractivity contribution in [3.8, 4) is 0 Å². The van der Waals surface area contributed by atoms with Gasteiger partial charge in [-0.25, -0.2) is 4.79 Å². The van der Waals surface area contributed by atoms with Crippen LogP contribution in [-0.4, -0.2) is 34.5 Å². The summed E-state index contributed by atoms with van der Waals surface area (Å²) in [6.45, 7) is 0.820. The number of rotatable bonds is 2. The van der Waals surface area contributed by atoms with Crippen molar-refractivity contribution >= 4 is 23.2 Å². The first-order valence-electron chi connectivity index (χ1n) is 7.31. The van der Waals surface area contributed by atoms with Crippen molar-refractivity contribution in [1.29, 1.82) is 0 Å². The Morgan fingerprint density at radius 1 is 1.10 bits per heavy atom. The normalized spacial score (nSPS) is 26.1. The van der Waals surface area contributed by atoms with Crippen molar-refractivity contribution < 1.29 is 14.7 Å². The summed E-state index contributed by atoms with van der Waals surface area (Å²) in [5.74, 6) is -0.275. The molecule has 20 heavy (non-hydrogen) atoms. The Labute approximate surface area is 122 Å². The quantitative estimate of drug-likeness (QED) is 0.910. The van der Waals surface area contributed by atoms with Crippen molar-refractivity contribution in [3.63, 3.8) is 0 Å². The molecule has 1 aromatic heterocycles. The summed E-state index contributed by atoms with van der Waals surface area (Å²) in [6, 6.07) is 3.56. The highest BCUT2D eigenvalue weighted by Crippen LogP contribution is 2.36. The third-order valence-electron chi connectivity index (χ3n) is 4.53. The number of carboxylic acids is 1. The minimum Gasteiger partial charge on any atom is -0.477 e. The standard InChI is InChI=1S/C15H19NO3S/c17-14(12-7-8-13(20-12)15(18)19)16-9-3-5-10-4-1-2-6-11(10)16/h7-8,10-11H,1-6,9H2,(H,18,19)/t10-,11-/m1/s1. The molecule has 2 aliphatic rings. The van der Waals surface area contributed by atoms with E-state index >= 15 is 0 Å². The van der Waals surface area contributed by atoms with E-state index in [9.17, 15) is 9.59 Å². The van der Waals surface area contributed by atoms with Crippen LogP contribution in [0.25, 0.3) is 0 Å². The van der Waals surface area contributed by atoms with Crippen LogP contribution in [0.5, 0.6) is 0 Å². The minimum atomic E-state index is -0.955. The fourth-order valence-electron chi connectivity index (χ4n) is 3.59. The van der Waals surface area contributed by atoms with Gasteiger partial charge in [-0.1, -0.05) is 12.8 Å². The lowest BCUT2D eigenvalue weighted by atomic mass is 9.78. The molecule has 0 spiro atoms. The van der Waals surface area contributed by atoms with Gasteiger partial charge in [-0.15, -0.1) is 11.3 Å². The summed E-state index contributed by atoms with van der Waals surface area (Å²) in [7, 11) is 0. The number of thiophene rings is 1. The summed E-state index contributed by atoms with van der Waals surface area (Å²) in [4.78, 5) is 26.4. The van der Waals surface area contributed by atoms with E-state index in [1.807, 2.05) is 4.90 Å². The van der Waals surface area contributed by atoms with Crippen LogP contribution in [-0.2, 0) is 0 Å². The topological polar surface area (TPSA) is 57.6 Å². The molecule has 3 rings (SSSR count). The first-order valence-corrected chi connectivity index (χ1v) is 8.12. The van der Waals surface area contributed by atoms with Crippen LogP contribution in [0, 0.1) is 5.92 Å². The van der Waals surface area contributed by atoms with Crippen LogP contribution in [0.3, 0.4) is 0 Å². The van der Waals surface area contributed by atoms with Crippen LogP contribution in [0.15, 0.2) is 12.1 Å². The van der Waals surface area contributed by atoms with E-state index in [0.717, 1.165) is 30.7 Å². The van der Waals surface area contributed by atoms with Crippen molar-refractivity contribution in [2.75, 3.05) is 6.54 Å². The summed E-state index contributed by atoms with van der Waals surface area (Å²) < 4.78 is 0. The van der Waals surface area contributed by atoms with Gasteiger partial charge >= 0.3 is 5.97 Å². The van der Waals surface area contributed by atoms with Gasteiger partial charge < -0.3 is 10.0 Å². The number of hydrogen-bond donors (Lipinski definition) is 1. The Hall–Kier alpha value is -1.36. The molecule has 1 N–H and O–H groups in total. The van der Waals surface area contributed by atoms with Gasteiger partial charge in [0, 0.05) is 12.6 Å². The van der Waals surface area contributed by atoms with Crippen LogP contribution in [0.2, 0.25) is 0 Å². The molecular weight excluding hydrogens is 274 g/mol. The maximum Gasteiger partial charge on any atom is 0.345 e. The van der Waals surface area contributed by atoms with E-state index in [-0.39, 0.29) is 10.8 Å². The Bertz CT molecular complexity index is 523. The Balaban J connectivity index is 1.79. The first-order chi connectivity index (χ1) is 9.66. The van der Waals surface area contributed by atoms with Crippen LogP contribution in [0.4, 0.5) is 0 Å². The molecule has 1 saturated carbocycles. The molecular formula is C15H19NO3S. The van der Waals surface area contributed by atoms with Gasteiger partial charge in [0.25, 0.3) is 5.91 Å². The van der Waals surface area contributed by atoms with E-state index in [4.69, 9.17) is 5.11 Å². The predicted octanol–water partition coefficient (Wildman–Crippen LogP) is 3.24. The average molecular weight is 293 g/mol. The molecule has 1 aliphatic carbocycles. The maximum atomic E-state index is 12.6. The SMILES string of the molecule is O=C(O)c1ccc(C(=O)N2CCC[C@H]3CCCC[C@H]32)s1. The van der Waals surface area contributed by atoms with Crippen molar-refractivity contribution in [2.24, 2.45) is 5.92 Å². The molecule has 1 amide bonds. The third kappa shape index (κ3) is 2.46. The van der Waals surface area contributed by atoms with E-state index in [1.165, 1.54) is 31.7 Å². The molecule has 5 heteroatoms. The smallest absolute Gasteiger partial charge is 0.345 e. The number of carbonyl (C=O) groups excluding carboxylic acids is 1. The van der Waals surface area contributed by atoms with E-state index < -0.39 is 5.97 Å². The van der Waals surface area contributed by atoms with E-state index in [0.29, 0.717) is 16.8 Å². The predicted molar refractivity (Wildman–Crippen MR) is 77.3 cm³/mol. The highest BCUT2D eigenvalue weighted by Gasteiger charge is 2.36. The lowest BCUT2D eigenvalue weighted by Crippen LogP contribution is -2.49. The molecule has 1 aliphatic heterocycles. The summed E-state index contributed by atoms with van der Waals surface area (Å²) in [6.07, 6.45) is 7.14. The highest BCUT2D eigenvalue weighted by molar-refractivity contribution is 7.15. The van der Waals surface area contributed by atoms with Gasteiger partial charge in [-0.05, 0) is 43.7 Å². The third-order valence-corrected chi connectivity index (χ3v) is 5.59. The fourth-order valence-corrected chi connectivity index (χ4v) is 4.39. The Morgan fingerprint density at radius 2 is 1.80 bits per heavy atom. The molecule has 1 aromatic rings. The fraction of sp³-hybridized carbons (Fsp3) is 0.600. The number of carboxylic acid groups (broad SMARTS) is 1. The van der Waals surface area contributed by atoms with Crippen molar-refractivity contribution in [3.05, 3.63) is 21.9 Å². The second kappa shape index (κ2) is 5.56. The minimum absolute atomic E-state index is 0.0269. The average Bonchev–Trinajstić information content (AvgIpc) is 2.96. The molecule has 0 unspecified atom stereocenters. The van der Waals surface area contributed by atoms with E-state index in [1.54, 1.807) is 6.07 Å². The Morgan fingerprint density at radius 3 is 2.55 bits per heavy atom. The monoisotopic (exact) mass is 293 g/mol. The first kappa shape index (κ1) is 13.6. The van der Waals surface area contributed by atoms with Crippen molar-refractivity contribution in [1.82, 2.24) is 4.90 Å². The number of aromatic carboxylic acids is 1. The number of carbonyl (C=O) groups is 2. The molecule has 1 saturated heterocycles. The van der Waals surface area contributed by atoms with Gasteiger partial charge in [-0.3, -0.25) is 4.79 Å². The van der Waals surface area contributed by atoms with Crippen LogP contribution in [0.1, 0.15) is 57.9 Å². The number of nitrogens with zero attached hydrogens (tertiary/aromatic N) is 1. The zero-order valence-electron chi connectivity index (χ0n) is 11.4. The van der Waals surface area contributed by atoms with Crippen molar-refractivity contribution in [2.45, 2.75) is 44.6 Å².